The minimum Gasteiger partial charge on any atom is -0.268 e. The van der Waals surface area contributed by atoms with Gasteiger partial charge in [-0.25, -0.2) is 5.01 Å². The lowest BCUT2D eigenvalue weighted by Crippen LogP contribution is -2.33. The minimum atomic E-state index is 0.0185. The summed E-state index contributed by atoms with van der Waals surface area (Å²) < 4.78 is 0. The second-order valence-electron chi connectivity index (χ2n) is 2.51. The molecule has 0 aromatic carbocycles. The lowest BCUT2D eigenvalue weighted by atomic mass is 10.1. The Kier molecular flexibility index (Phi) is 1.09. The van der Waals surface area contributed by atoms with E-state index in [2.05, 4.69) is 5.10 Å². The molecule has 0 aliphatic carbocycles. The summed E-state index contributed by atoms with van der Waals surface area (Å²) in [5.74, 6) is 0.0185. The zero-order valence-corrected chi connectivity index (χ0v) is 5.53. The van der Waals surface area contributed by atoms with Gasteiger partial charge in [0.05, 0.1) is 6.04 Å². The van der Waals surface area contributed by atoms with Gasteiger partial charge in [0.15, 0.2) is 0 Å². The van der Waals surface area contributed by atoms with E-state index in [1.165, 1.54) is 0 Å². The van der Waals surface area contributed by atoms with Crippen LogP contribution in [0.5, 0.6) is 0 Å². The van der Waals surface area contributed by atoms with Crippen molar-refractivity contribution in [1.82, 2.24) is 5.01 Å². The Bertz CT molecular complexity index is 220. The maximum Gasteiger partial charge on any atom is 0.266 e. The van der Waals surface area contributed by atoms with Crippen LogP contribution in [-0.2, 0) is 4.79 Å². The smallest absolute Gasteiger partial charge is 0.266 e. The number of hydrazone groups is 1. The van der Waals surface area contributed by atoms with Gasteiger partial charge in [0, 0.05) is 18.7 Å². The van der Waals surface area contributed by atoms with Crippen LogP contribution in [0.25, 0.3) is 0 Å². The molecule has 2 aliphatic rings. The Labute approximate surface area is 59.0 Å². The van der Waals surface area contributed by atoms with Crippen molar-refractivity contribution in [3.63, 3.8) is 0 Å². The Hall–Kier alpha value is -1.12. The van der Waals surface area contributed by atoms with Crippen LogP contribution in [0.2, 0.25) is 0 Å². The molecule has 2 rings (SSSR count). The molecule has 3 heteroatoms. The summed E-state index contributed by atoms with van der Waals surface area (Å²) in [7, 11) is 0. The molecule has 0 spiro atoms. The van der Waals surface area contributed by atoms with E-state index in [-0.39, 0.29) is 5.91 Å². The van der Waals surface area contributed by atoms with Crippen molar-refractivity contribution in [3.05, 3.63) is 12.2 Å². The van der Waals surface area contributed by atoms with E-state index in [1.54, 1.807) is 17.3 Å². The Morgan fingerprint density at radius 1 is 1.60 bits per heavy atom. The molecular weight excluding hydrogens is 128 g/mol. The molecule has 0 saturated carbocycles. The van der Waals surface area contributed by atoms with Gasteiger partial charge in [-0.1, -0.05) is 6.08 Å². The summed E-state index contributed by atoms with van der Waals surface area (Å²) in [4.78, 5) is 11.0. The monoisotopic (exact) mass is 136 g/mol. The molecule has 10 heavy (non-hydrogen) atoms. The highest BCUT2D eigenvalue weighted by atomic mass is 16.2. The van der Waals surface area contributed by atoms with Crippen molar-refractivity contribution in [2.75, 3.05) is 0 Å². The second kappa shape index (κ2) is 1.94. The molecule has 0 aromatic heterocycles. The van der Waals surface area contributed by atoms with Crippen LogP contribution in [0.15, 0.2) is 17.3 Å². The first-order chi connectivity index (χ1) is 4.88. The molecular formula is C7H8N2O. The van der Waals surface area contributed by atoms with E-state index in [9.17, 15) is 4.79 Å². The van der Waals surface area contributed by atoms with Crippen molar-refractivity contribution in [1.29, 1.82) is 0 Å². The van der Waals surface area contributed by atoms with Crippen LogP contribution >= 0.6 is 0 Å². The zero-order valence-electron chi connectivity index (χ0n) is 5.53. The van der Waals surface area contributed by atoms with Gasteiger partial charge in [-0.3, -0.25) is 4.79 Å². The third-order valence-corrected chi connectivity index (χ3v) is 1.82. The second-order valence-corrected chi connectivity index (χ2v) is 2.51. The van der Waals surface area contributed by atoms with E-state index in [4.69, 9.17) is 0 Å². The SMILES string of the molecule is O=C1C=CCC2CC=NN12. The third-order valence-electron chi connectivity index (χ3n) is 1.82. The lowest BCUT2D eigenvalue weighted by molar-refractivity contribution is -0.128. The quantitative estimate of drug-likeness (QED) is 0.478. The summed E-state index contributed by atoms with van der Waals surface area (Å²) in [5.41, 5.74) is 0. The normalized spacial score (nSPS) is 29.4. The van der Waals surface area contributed by atoms with E-state index in [0.29, 0.717) is 6.04 Å². The summed E-state index contributed by atoms with van der Waals surface area (Å²) in [6, 6.07) is 0.317. The van der Waals surface area contributed by atoms with Crippen LogP contribution in [0, 0.1) is 0 Å². The Balaban J connectivity index is 2.27. The van der Waals surface area contributed by atoms with Gasteiger partial charge in [0.1, 0.15) is 0 Å². The molecule has 0 bridgehead atoms. The van der Waals surface area contributed by atoms with E-state index >= 15 is 0 Å². The summed E-state index contributed by atoms with van der Waals surface area (Å²) >= 11 is 0. The maximum absolute atomic E-state index is 11.0. The largest absolute Gasteiger partial charge is 0.268 e. The van der Waals surface area contributed by atoms with Crippen molar-refractivity contribution >= 4 is 12.1 Å². The molecule has 2 heterocycles. The van der Waals surface area contributed by atoms with Crippen LogP contribution < -0.4 is 0 Å². The van der Waals surface area contributed by atoms with Crippen LogP contribution in [0.3, 0.4) is 0 Å². The molecule has 1 amide bonds. The van der Waals surface area contributed by atoms with Crippen molar-refractivity contribution < 1.29 is 4.79 Å². The Morgan fingerprint density at radius 3 is 3.30 bits per heavy atom. The molecule has 2 aliphatic heterocycles. The number of hydrogen-bond donors (Lipinski definition) is 0. The molecule has 52 valence electrons. The van der Waals surface area contributed by atoms with Gasteiger partial charge in [-0.2, -0.15) is 5.10 Å². The molecule has 0 radical (unpaired) electrons. The molecule has 1 unspecified atom stereocenters. The average Bonchev–Trinajstić information content (AvgIpc) is 2.36. The van der Waals surface area contributed by atoms with E-state index < -0.39 is 0 Å². The molecule has 0 N–H and O–H groups in total. The van der Waals surface area contributed by atoms with Gasteiger partial charge in [0.25, 0.3) is 5.91 Å². The maximum atomic E-state index is 11.0. The van der Waals surface area contributed by atoms with Gasteiger partial charge in [-0.05, 0) is 6.42 Å². The minimum absolute atomic E-state index is 0.0185. The van der Waals surface area contributed by atoms with E-state index in [0.717, 1.165) is 12.8 Å². The molecule has 3 nitrogen and oxygen atoms in total. The summed E-state index contributed by atoms with van der Waals surface area (Å²) in [6.45, 7) is 0. The number of amides is 1. The summed E-state index contributed by atoms with van der Waals surface area (Å²) in [6.07, 6.45) is 7.16. The number of fused-ring (bicyclic) bond motifs is 1. The van der Waals surface area contributed by atoms with Crippen LogP contribution in [0.1, 0.15) is 12.8 Å². The van der Waals surface area contributed by atoms with Gasteiger partial charge >= 0.3 is 0 Å². The first-order valence-corrected chi connectivity index (χ1v) is 3.40. The van der Waals surface area contributed by atoms with E-state index in [1.807, 2.05) is 6.08 Å². The highest BCUT2D eigenvalue weighted by Crippen LogP contribution is 2.18. The Morgan fingerprint density at radius 2 is 2.50 bits per heavy atom. The van der Waals surface area contributed by atoms with Gasteiger partial charge in [-0.15, -0.1) is 0 Å². The number of carbonyl (C=O) groups is 1. The topological polar surface area (TPSA) is 32.7 Å². The highest BCUT2D eigenvalue weighted by molar-refractivity contribution is 5.90. The lowest BCUT2D eigenvalue weighted by Gasteiger charge is -2.21. The number of hydrogen-bond acceptors (Lipinski definition) is 2. The molecule has 0 aromatic rings. The van der Waals surface area contributed by atoms with Crippen molar-refractivity contribution in [2.24, 2.45) is 5.10 Å². The fraction of sp³-hybridized carbons (Fsp3) is 0.429. The zero-order chi connectivity index (χ0) is 6.97. The first kappa shape index (κ1) is 5.65. The first-order valence-electron chi connectivity index (χ1n) is 3.40. The molecule has 0 fully saturated rings. The van der Waals surface area contributed by atoms with Crippen molar-refractivity contribution in [2.45, 2.75) is 18.9 Å². The predicted octanol–water partition coefficient (Wildman–Crippen LogP) is 0.533. The number of rotatable bonds is 0. The van der Waals surface area contributed by atoms with Gasteiger partial charge < -0.3 is 0 Å². The van der Waals surface area contributed by atoms with Gasteiger partial charge in [0.2, 0.25) is 0 Å². The van der Waals surface area contributed by atoms with Crippen LogP contribution in [-0.4, -0.2) is 23.2 Å². The third kappa shape index (κ3) is 0.667. The van der Waals surface area contributed by atoms with Crippen LogP contribution in [0.4, 0.5) is 0 Å². The van der Waals surface area contributed by atoms with Crippen molar-refractivity contribution in [3.8, 4) is 0 Å². The fourth-order valence-electron chi connectivity index (χ4n) is 1.29. The number of nitrogens with zero attached hydrogens (tertiary/aromatic N) is 2. The molecule has 1 atom stereocenters. The predicted molar refractivity (Wildman–Crippen MR) is 37.5 cm³/mol. The highest BCUT2D eigenvalue weighted by Gasteiger charge is 2.26. The standard InChI is InChI=1S/C7H8N2O/c10-7-3-1-2-6-4-5-8-9(6)7/h1,3,5-6H,2,4H2. The fourth-order valence-corrected chi connectivity index (χ4v) is 1.29. The molecule has 0 saturated heterocycles. The summed E-state index contributed by atoms with van der Waals surface area (Å²) in [5, 5.41) is 5.50. The number of carbonyl (C=O) groups excluding carboxylic acids is 1. The average molecular weight is 136 g/mol.